The Morgan fingerprint density at radius 1 is 1.10 bits per heavy atom. The molecule has 1 aliphatic rings. The van der Waals surface area contributed by atoms with E-state index in [1.165, 1.54) is 0 Å². The van der Waals surface area contributed by atoms with E-state index in [1.54, 1.807) is 11.8 Å². The lowest BCUT2D eigenvalue weighted by Gasteiger charge is -2.37. The fourth-order valence-electron chi connectivity index (χ4n) is 2.72. The first-order chi connectivity index (χ1) is 10.2. The molecule has 106 valence electrons. The first-order valence-corrected chi connectivity index (χ1v) is 6.90. The summed E-state index contributed by atoms with van der Waals surface area (Å²) in [5.41, 5.74) is 2.54. The van der Waals surface area contributed by atoms with Crippen LogP contribution in [0.1, 0.15) is 24.9 Å². The van der Waals surface area contributed by atoms with Crippen LogP contribution in [0.15, 0.2) is 54.6 Å². The third-order valence-electron chi connectivity index (χ3n) is 3.61. The lowest BCUT2D eigenvalue weighted by molar-refractivity contribution is -0.117. The van der Waals surface area contributed by atoms with Gasteiger partial charge in [0, 0.05) is 17.8 Å². The van der Waals surface area contributed by atoms with E-state index >= 15 is 0 Å². The van der Waals surface area contributed by atoms with E-state index in [0.29, 0.717) is 6.42 Å². The van der Waals surface area contributed by atoms with Crippen LogP contribution in [0.3, 0.4) is 0 Å². The zero-order chi connectivity index (χ0) is 14.8. The van der Waals surface area contributed by atoms with Gasteiger partial charge in [-0.05, 0) is 30.7 Å². The number of carbonyl (C=O) groups is 2. The number of nitrogens with one attached hydrogen (secondary N) is 1. The smallest absolute Gasteiger partial charge is 0.307 e. The normalized spacial score (nSPS) is 17.1. The monoisotopic (exact) mass is 280 g/mol. The first-order valence-electron chi connectivity index (χ1n) is 6.90. The molecule has 4 nitrogen and oxygen atoms in total. The molecule has 2 aromatic carbocycles. The average molecular weight is 280 g/mol. The van der Waals surface area contributed by atoms with Crippen molar-refractivity contribution in [1.82, 2.24) is 0 Å². The SMILES string of the molecule is CC(=O)CC1c2ccccc2NC(=O)N1c1ccccc1. The summed E-state index contributed by atoms with van der Waals surface area (Å²) in [7, 11) is 0. The van der Waals surface area contributed by atoms with Gasteiger partial charge < -0.3 is 5.32 Å². The zero-order valence-electron chi connectivity index (χ0n) is 11.7. The molecular weight excluding hydrogens is 264 g/mol. The van der Waals surface area contributed by atoms with Crippen LogP contribution in [0.2, 0.25) is 0 Å². The maximum atomic E-state index is 12.5. The molecule has 1 heterocycles. The summed E-state index contributed by atoms with van der Waals surface area (Å²) in [5, 5.41) is 2.89. The third kappa shape index (κ3) is 2.52. The van der Waals surface area contributed by atoms with Crippen molar-refractivity contribution in [2.24, 2.45) is 0 Å². The van der Waals surface area contributed by atoms with Gasteiger partial charge in [0.25, 0.3) is 0 Å². The van der Waals surface area contributed by atoms with Crippen LogP contribution in [0.25, 0.3) is 0 Å². The Morgan fingerprint density at radius 2 is 1.76 bits per heavy atom. The summed E-state index contributed by atoms with van der Waals surface area (Å²) in [5.74, 6) is 0.0606. The highest BCUT2D eigenvalue weighted by Crippen LogP contribution is 2.38. The highest BCUT2D eigenvalue weighted by molar-refractivity contribution is 6.05. The number of amides is 2. The molecule has 0 fully saturated rings. The summed E-state index contributed by atoms with van der Waals surface area (Å²) in [6.07, 6.45) is 0.305. The number of fused-ring (bicyclic) bond motifs is 1. The largest absolute Gasteiger partial charge is 0.326 e. The topological polar surface area (TPSA) is 49.4 Å². The van der Waals surface area contributed by atoms with Crippen LogP contribution in [0.4, 0.5) is 16.2 Å². The van der Waals surface area contributed by atoms with Crippen molar-refractivity contribution in [3.8, 4) is 0 Å². The highest BCUT2D eigenvalue weighted by Gasteiger charge is 2.33. The van der Waals surface area contributed by atoms with E-state index in [0.717, 1.165) is 16.9 Å². The number of nitrogens with zero attached hydrogens (tertiary/aromatic N) is 1. The number of urea groups is 1. The summed E-state index contributed by atoms with van der Waals surface area (Å²) in [6, 6.07) is 16.6. The van der Waals surface area contributed by atoms with Gasteiger partial charge in [-0.2, -0.15) is 0 Å². The maximum Gasteiger partial charge on any atom is 0.326 e. The van der Waals surface area contributed by atoms with Crippen LogP contribution < -0.4 is 10.2 Å². The van der Waals surface area contributed by atoms with Gasteiger partial charge in [-0.15, -0.1) is 0 Å². The van der Waals surface area contributed by atoms with Crippen molar-refractivity contribution >= 4 is 23.2 Å². The van der Waals surface area contributed by atoms with Crippen LogP contribution in [-0.4, -0.2) is 11.8 Å². The Hall–Kier alpha value is -2.62. The second-order valence-electron chi connectivity index (χ2n) is 5.14. The van der Waals surface area contributed by atoms with E-state index in [2.05, 4.69) is 5.32 Å². The van der Waals surface area contributed by atoms with Crippen LogP contribution in [-0.2, 0) is 4.79 Å². The van der Waals surface area contributed by atoms with E-state index in [1.807, 2.05) is 54.6 Å². The molecule has 0 bridgehead atoms. The second-order valence-corrected chi connectivity index (χ2v) is 5.14. The molecule has 1 atom stereocenters. The second kappa shape index (κ2) is 5.40. The molecule has 1 aliphatic heterocycles. The van der Waals surface area contributed by atoms with Gasteiger partial charge >= 0.3 is 6.03 Å². The van der Waals surface area contributed by atoms with Crippen LogP contribution in [0.5, 0.6) is 0 Å². The molecule has 3 rings (SSSR count). The molecule has 21 heavy (non-hydrogen) atoms. The lowest BCUT2D eigenvalue weighted by Crippen LogP contribution is -2.43. The number of hydrogen-bond acceptors (Lipinski definition) is 2. The summed E-state index contributed by atoms with van der Waals surface area (Å²) in [4.78, 5) is 25.8. The average Bonchev–Trinajstić information content (AvgIpc) is 2.47. The molecule has 1 N–H and O–H groups in total. The van der Waals surface area contributed by atoms with Gasteiger partial charge in [0.15, 0.2) is 0 Å². The Morgan fingerprint density at radius 3 is 2.48 bits per heavy atom. The number of anilines is 2. The number of carbonyl (C=O) groups excluding carboxylic acids is 2. The molecule has 4 heteroatoms. The summed E-state index contributed by atoms with van der Waals surface area (Å²) < 4.78 is 0. The first kappa shape index (κ1) is 13.4. The van der Waals surface area contributed by atoms with Crippen molar-refractivity contribution in [2.75, 3.05) is 10.2 Å². The molecule has 0 aliphatic carbocycles. The molecule has 2 amide bonds. The van der Waals surface area contributed by atoms with Gasteiger partial charge in [0.05, 0.1) is 6.04 Å². The minimum absolute atomic E-state index is 0.0606. The standard InChI is InChI=1S/C17H16N2O2/c1-12(20)11-16-14-9-5-6-10-15(14)18-17(21)19(16)13-7-3-2-4-8-13/h2-10,16H,11H2,1H3,(H,18,21). The lowest BCUT2D eigenvalue weighted by atomic mass is 9.96. The van der Waals surface area contributed by atoms with Crippen molar-refractivity contribution in [3.63, 3.8) is 0 Å². The molecule has 2 aromatic rings. The van der Waals surface area contributed by atoms with Gasteiger partial charge in [-0.1, -0.05) is 36.4 Å². The van der Waals surface area contributed by atoms with Gasteiger partial charge in [-0.25, -0.2) is 4.79 Å². The van der Waals surface area contributed by atoms with Crippen molar-refractivity contribution < 1.29 is 9.59 Å². The fourth-order valence-corrected chi connectivity index (χ4v) is 2.72. The van der Waals surface area contributed by atoms with E-state index < -0.39 is 0 Å². The number of hydrogen-bond donors (Lipinski definition) is 1. The van der Waals surface area contributed by atoms with Crippen molar-refractivity contribution in [1.29, 1.82) is 0 Å². The molecule has 0 saturated heterocycles. The fraction of sp³-hybridized carbons (Fsp3) is 0.176. The maximum absolute atomic E-state index is 12.5. The summed E-state index contributed by atoms with van der Waals surface area (Å²) >= 11 is 0. The molecule has 0 radical (unpaired) electrons. The Labute approximate surface area is 123 Å². The molecular formula is C17H16N2O2. The van der Waals surface area contributed by atoms with Crippen LogP contribution >= 0.6 is 0 Å². The highest BCUT2D eigenvalue weighted by atomic mass is 16.2. The van der Waals surface area contributed by atoms with Gasteiger partial charge in [0.2, 0.25) is 0 Å². The molecule has 0 aromatic heterocycles. The third-order valence-corrected chi connectivity index (χ3v) is 3.61. The molecule has 1 unspecified atom stereocenters. The Bertz CT molecular complexity index is 682. The van der Waals surface area contributed by atoms with E-state index in [4.69, 9.17) is 0 Å². The van der Waals surface area contributed by atoms with Crippen molar-refractivity contribution in [3.05, 3.63) is 60.2 Å². The van der Waals surface area contributed by atoms with Gasteiger partial charge in [0.1, 0.15) is 5.78 Å². The van der Waals surface area contributed by atoms with Gasteiger partial charge in [-0.3, -0.25) is 9.69 Å². The van der Waals surface area contributed by atoms with Crippen molar-refractivity contribution in [2.45, 2.75) is 19.4 Å². The van der Waals surface area contributed by atoms with E-state index in [-0.39, 0.29) is 17.9 Å². The summed E-state index contributed by atoms with van der Waals surface area (Å²) in [6.45, 7) is 1.55. The Balaban J connectivity index is 2.10. The quantitative estimate of drug-likeness (QED) is 0.930. The number of para-hydroxylation sites is 2. The van der Waals surface area contributed by atoms with E-state index in [9.17, 15) is 9.59 Å². The number of benzene rings is 2. The molecule has 0 saturated carbocycles. The molecule has 0 spiro atoms. The minimum atomic E-state index is -0.269. The predicted octanol–water partition coefficient (Wildman–Crippen LogP) is 3.76. The Kier molecular flexibility index (Phi) is 3.44. The zero-order valence-corrected chi connectivity index (χ0v) is 11.7. The number of Topliss-reactive ketones (excluding diaryl/α,β-unsaturated/α-hetero) is 1. The minimum Gasteiger partial charge on any atom is -0.307 e. The van der Waals surface area contributed by atoms with Crippen LogP contribution in [0, 0.1) is 0 Å². The predicted molar refractivity (Wildman–Crippen MR) is 82.4 cm³/mol. The number of rotatable bonds is 3. The number of ketones is 1.